The topological polar surface area (TPSA) is 64.3 Å². The molecule has 0 bridgehead atoms. The van der Waals surface area contributed by atoms with Crippen LogP contribution in [0, 0.1) is 5.41 Å². The molecule has 0 amide bonds. The summed E-state index contributed by atoms with van der Waals surface area (Å²) >= 11 is 0. The third-order valence-electron chi connectivity index (χ3n) is 1.38. The number of nitrogens with one attached hydrogen (secondary N) is 1. The molecule has 3 N–H and O–H groups in total. The van der Waals surface area contributed by atoms with Crippen LogP contribution in [0.3, 0.4) is 0 Å². The van der Waals surface area contributed by atoms with E-state index in [1.165, 1.54) is 18.2 Å². The minimum absolute atomic E-state index is 0.0234. The first-order chi connectivity index (χ1) is 5.11. The minimum atomic E-state index is 0.0234. The summed E-state index contributed by atoms with van der Waals surface area (Å²) in [5, 5.41) is 25.3. The second-order valence-electron chi connectivity index (χ2n) is 2.33. The van der Waals surface area contributed by atoms with Gasteiger partial charge in [-0.15, -0.1) is 0 Å². The molecule has 0 aromatic heterocycles. The van der Waals surface area contributed by atoms with Gasteiger partial charge in [-0.2, -0.15) is 0 Å². The molecule has 0 aliphatic rings. The fourth-order valence-corrected chi connectivity index (χ4v) is 0.824. The predicted octanol–water partition coefficient (Wildman–Crippen LogP) is 1.49. The van der Waals surface area contributed by atoms with Gasteiger partial charge in [-0.1, -0.05) is 0 Å². The smallest absolute Gasteiger partial charge is 0.124 e. The fourth-order valence-electron chi connectivity index (χ4n) is 0.824. The van der Waals surface area contributed by atoms with Crippen molar-refractivity contribution >= 4 is 5.71 Å². The summed E-state index contributed by atoms with van der Waals surface area (Å²) in [5.74, 6) is 0.0831. The number of hydrogen-bond acceptors (Lipinski definition) is 3. The van der Waals surface area contributed by atoms with E-state index in [-0.39, 0.29) is 17.2 Å². The highest BCUT2D eigenvalue weighted by molar-refractivity contribution is 5.99. The van der Waals surface area contributed by atoms with E-state index in [1.54, 1.807) is 6.92 Å². The summed E-state index contributed by atoms with van der Waals surface area (Å²) < 4.78 is 0. The average molecular weight is 151 g/mol. The molecule has 0 unspecified atom stereocenters. The highest BCUT2D eigenvalue weighted by Crippen LogP contribution is 2.21. The SMILES string of the molecule is CC(=N)c1cc(O)ccc1O. The Bertz CT molecular complexity index is 294. The maximum atomic E-state index is 9.15. The predicted molar refractivity (Wildman–Crippen MR) is 42.3 cm³/mol. The zero-order chi connectivity index (χ0) is 8.43. The lowest BCUT2D eigenvalue weighted by molar-refractivity contribution is 0.459. The molecule has 0 saturated carbocycles. The first-order valence-corrected chi connectivity index (χ1v) is 3.19. The van der Waals surface area contributed by atoms with Crippen molar-refractivity contribution in [2.24, 2.45) is 0 Å². The lowest BCUT2D eigenvalue weighted by atomic mass is 10.1. The molecule has 58 valence electrons. The van der Waals surface area contributed by atoms with E-state index in [1.807, 2.05) is 0 Å². The van der Waals surface area contributed by atoms with Crippen molar-refractivity contribution in [2.45, 2.75) is 6.92 Å². The van der Waals surface area contributed by atoms with E-state index in [2.05, 4.69) is 0 Å². The van der Waals surface area contributed by atoms with Crippen LogP contribution < -0.4 is 0 Å². The maximum Gasteiger partial charge on any atom is 0.124 e. The second-order valence-corrected chi connectivity index (χ2v) is 2.33. The van der Waals surface area contributed by atoms with Crippen molar-refractivity contribution in [1.29, 1.82) is 5.41 Å². The summed E-state index contributed by atoms with van der Waals surface area (Å²) in [5.41, 5.74) is 0.600. The zero-order valence-electron chi connectivity index (χ0n) is 6.13. The molecular weight excluding hydrogens is 142 g/mol. The Labute approximate surface area is 64.4 Å². The van der Waals surface area contributed by atoms with Gasteiger partial charge in [0.25, 0.3) is 0 Å². The number of phenols is 2. The van der Waals surface area contributed by atoms with E-state index >= 15 is 0 Å². The molecule has 0 saturated heterocycles. The van der Waals surface area contributed by atoms with Gasteiger partial charge in [0, 0.05) is 11.3 Å². The van der Waals surface area contributed by atoms with Crippen molar-refractivity contribution in [3.63, 3.8) is 0 Å². The van der Waals surface area contributed by atoms with Crippen LogP contribution in [0.4, 0.5) is 0 Å². The normalized spacial score (nSPS) is 9.55. The van der Waals surface area contributed by atoms with E-state index < -0.39 is 0 Å². The molecular formula is C8H9NO2. The van der Waals surface area contributed by atoms with Crippen LogP contribution in [-0.4, -0.2) is 15.9 Å². The van der Waals surface area contributed by atoms with Crippen LogP contribution in [0.1, 0.15) is 12.5 Å². The molecule has 0 radical (unpaired) electrons. The molecule has 0 spiro atoms. The lowest BCUT2D eigenvalue weighted by Crippen LogP contribution is -1.91. The van der Waals surface area contributed by atoms with Gasteiger partial charge >= 0.3 is 0 Å². The van der Waals surface area contributed by atoms with E-state index in [0.717, 1.165) is 0 Å². The highest BCUT2D eigenvalue weighted by atomic mass is 16.3. The molecule has 0 atom stereocenters. The quantitative estimate of drug-likeness (QED) is 0.420. The van der Waals surface area contributed by atoms with Crippen LogP contribution in [-0.2, 0) is 0 Å². The minimum Gasteiger partial charge on any atom is -0.508 e. The van der Waals surface area contributed by atoms with Crippen molar-refractivity contribution in [3.8, 4) is 11.5 Å². The average Bonchev–Trinajstić information content (AvgIpc) is 1.94. The van der Waals surface area contributed by atoms with Crippen molar-refractivity contribution in [1.82, 2.24) is 0 Å². The Morgan fingerprint density at radius 3 is 2.45 bits per heavy atom. The third-order valence-corrected chi connectivity index (χ3v) is 1.38. The van der Waals surface area contributed by atoms with Gasteiger partial charge in [-0.3, -0.25) is 0 Å². The van der Waals surface area contributed by atoms with Crippen LogP contribution >= 0.6 is 0 Å². The molecule has 3 heteroatoms. The number of benzene rings is 1. The highest BCUT2D eigenvalue weighted by Gasteiger charge is 2.02. The first-order valence-electron chi connectivity index (χ1n) is 3.19. The van der Waals surface area contributed by atoms with Gasteiger partial charge in [-0.05, 0) is 25.1 Å². The molecule has 1 aromatic rings. The fraction of sp³-hybridized carbons (Fsp3) is 0.125. The third kappa shape index (κ3) is 1.49. The Morgan fingerprint density at radius 1 is 1.36 bits per heavy atom. The summed E-state index contributed by atoms with van der Waals surface area (Å²) in [6, 6.07) is 4.10. The van der Waals surface area contributed by atoms with Gasteiger partial charge in [0.15, 0.2) is 0 Å². The number of aromatic hydroxyl groups is 2. The molecule has 11 heavy (non-hydrogen) atoms. The monoisotopic (exact) mass is 151 g/mol. The second kappa shape index (κ2) is 2.62. The standard InChI is InChI=1S/C8H9NO2/c1-5(9)7-4-6(10)2-3-8(7)11/h2-4,9-11H,1H3. The summed E-state index contributed by atoms with van der Waals surface area (Å²) in [7, 11) is 0. The molecule has 0 fully saturated rings. The summed E-state index contributed by atoms with van der Waals surface area (Å²) in [6.45, 7) is 1.55. The first kappa shape index (κ1) is 7.60. The van der Waals surface area contributed by atoms with Gasteiger partial charge in [0.1, 0.15) is 11.5 Å². The molecule has 1 aromatic carbocycles. The molecule has 0 aliphatic heterocycles. The van der Waals surface area contributed by atoms with Crippen LogP contribution in [0.5, 0.6) is 11.5 Å². The molecule has 0 heterocycles. The summed E-state index contributed by atoms with van der Waals surface area (Å²) in [4.78, 5) is 0. The molecule has 1 rings (SSSR count). The Kier molecular flexibility index (Phi) is 1.81. The molecule has 0 aliphatic carbocycles. The largest absolute Gasteiger partial charge is 0.508 e. The Balaban J connectivity index is 3.23. The van der Waals surface area contributed by atoms with Crippen LogP contribution in [0.2, 0.25) is 0 Å². The van der Waals surface area contributed by atoms with Crippen LogP contribution in [0.25, 0.3) is 0 Å². The van der Waals surface area contributed by atoms with E-state index in [9.17, 15) is 0 Å². The summed E-state index contributed by atoms with van der Waals surface area (Å²) in [6.07, 6.45) is 0. The maximum absolute atomic E-state index is 9.15. The zero-order valence-corrected chi connectivity index (χ0v) is 6.13. The van der Waals surface area contributed by atoms with Crippen molar-refractivity contribution < 1.29 is 10.2 Å². The number of rotatable bonds is 1. The van der Waals surface area contributed by atoms with Gasteiger partial charge in [0.05, 0.1) is 0 Å². The Hall–Kier alpha value is -1.51. The van der Waals surface area contributed by atoms with Crippen molar-refractivity contribution in [2.75, 3.05) is 0 Å². The van der Waals surface area contributed by atoms with Gasteiger partial charge in [-0.25, -0.2) is 0 Å². The lowest BCUT2D eigenvalue weighted by Gasteiger charge is -2.01. The number of phenolic OH excluding ortho intramolecular Hbond substituents is 2. The Morgan fingerprint density at radius 2 is 2.00 bits per heavy atom. The van der Waals surface area contributed by atoms with Crippen molar-refractivity contribution in [3.05, 3.63) is 23.8 Å². The van der Waals surface area contributed by atoms with E-state index in [4.69, 9.17) is 15.6 Å². The van der Waals surface area contributed by atoms with Gasteiger partial charge in [0.2, 0.25) is 0 Å². The van der Waals surface area contributed by atoms with Gasteiger partial charge < -0.3 is 15.6 Å². The molecule has 3 nitrogen and oxygen atoms in total. The number of hydrogen-bond donors (Lipinski definition) is 3. The van der Waals surface area contributed by atoms with E-state index in [0.29, 0.717) is 5.56 Å². The van der Waals surface area contributed by atoms with Crippen LogP contribution in [0.15, 0.2) is 18.2 Å².